The van der Waals surface area contributed by atoms with Gasteiger partial charge in [0.15, 0.2) is 0 Å². The van der Waals surface area contributed by atoms with Gasteiger partial charge in [-0.15, -0.1) is 0 Å². The third-order valence-corrected chi connectivity index (χ3v) is 5.48. The number of hydrogen-bond acceptors (Lipinski definition) is 6. The fourth-order valence-corrected chi connectivity index (χ4v) is 3.58. The Morgan fingerprint density at radius 3 is 2.66 bits per heavy atom. The van der Waals surface area contributed by atoms with E-state index in [1.807, 2.05) is 6.07 Å². The first-order valence-corrected chi connectivity index (χ1v) is 9.71. The molecule has 10 heteroatoms. The number of carbonyl (C=O) groups excluding carboxylic acids is 2. The molecule has 2 aromatic carbocycles. The van der Waals surface area contributed by atoms with Crippen LogP contribution in [-0.4, -0.2) is 29.7 Å². The molecule has 1 fully saturated rings. The molecule has 2 heterocycles. The van der Waals surface area contributed by atoms with Crippen LogP contribution in [0.3, 0.4) is 0 Å². The zero-order chi connectivity index (χ0) is 20.4. The number of hydrogen-bond donors (Lipinski definition) is 3. The van der Waals surface area contributed by atoms with Gasteiger partial charge in [0.2, 0.25) is 0 Å². The Morgan fingerprint density at radius 2 is 1.90 bits per heavy atom. The number of fused-ring (bicyclic) bond motifs is 1. The standard InChI is InChI=1S/C19H18Cl2N4O4/c20-15-4-3-14(8-16(15)21)22-19(27)23-18(26)11-1-2-12-9-25(10-13(12)7-11)17-5-6-28-24-29-17/h1-4,7-8,17,24H,5-6,9-10H2,(H2,22,23,26,27). The highest BCUT2D eigenvalue weighted by molar-refractivity contribution is 6.42. The van der Waals surface area contributed by atoms with Crippen molar-refractivity contribution in [1.82, 2.24) is 15.9 Å². The van der Waals surface area contributed by atoms with E-state index >= 15 is 0 Å². The van der Waals surface area contributed by atoms with Crippen molar-refractivity contribution < 1.29 is 19.3 Å². The zero-order valence-corrected chi connectivity index (χ0v) is 16.7. The first-order chi connectivity index (χ1) is 14.0. The molecule has 29 heavy (non-hydrogen) atoms. The van der Waals surface area contributed by atoms with Crippen LogP contribution < -0.4 is 16.3 Å². The van der Waals surface area contributed by atoms with Gasteiger partial charge in [-0.1, -0.05) is 34.9 Å². The van der Waals surface area contributed by atoms with Crippen molar-refractivity contribution in [2.24, 2.45) is 0 Å². The van der Waals surface area contributed by atoms with Crippen LogP contribution in [-0.2, 0) is 22.8 Å². The Morgan fingerprint density at radius 1 is 1.07 bits per heavy atom. The molecular weight excluding hydrogens is 419 g/mol. The number of imide groups is 1. The summed E-state index contributed by atoms with van der Waals surface area (Å²) in [7, 11) is 0. The van der Waals surface area contributed by atoms with Crippen molar-refractivity contribution in [1.29, 1.82) is 0 Å². The first kappa shape index (κ1) is 20.1. The quantitative estimate of drug-likeness (QED) is 0.682. The Hall–Kier alpha value is -2.20. The monoisotopic (exact) mass is 436 g/mol. The van der Waals surface area contributed by atoms with Crippen LogP contribution >= 0.6 is 23.2 Å². The summed E-state index contributed by atoms with van der Waals surface area (Å²) >= 11 is 11.8. The molecule has 0 spiro atoms. The van der Waals surface area contributed by atoms with E-state index in [-0.39, 0.29) is 6.23 Å². The highest BCUT2D eigenvalue weighted by Gasteiger charge is 2.29. The highest BCUT2D eigenvalue weighted by atomic mass is 35.5. The number of rotatable bonds is 3. The molecule has 4 rings (SSSR count). The van der Waals surface area contributed by atoms with E-state index in [9.17, 15) is 9.59 Å². The van der Waals surface area contributed by atoms with Gasteiger partial charge < -0.3 is 5.32 Å². The molecule has 2 aromatic rings. The predicted molar refractivity (Wildman–Crippen MR) is 107 cm³/mol. The van der Waals surface area contributed by atoms with Gasteiger partial charge in [-0.25, -0.2) is 4.79 Å². The van der Waals surface area contributed by atoms with Gasteiger partial charge >= 0.3 is 6.03 Å². The van der Waals surface area contributed by atoms with Crippen LogP contribution in [0.2, 0.25) is 10.0 Å². The minimum atomic E-state index is -0.655. The fraction of sp³-hybridized carbons (Fsp3) is 0.263. The van der Waals surface area contributed by atoms with E-state index in [4.69, 9.17) is 32.9 Å². The number of urea groups is 1. The van der Waals surface area contributed by atoms with Gasteiger partial charge in [0.25, 0.3) is 5.91 Å². The molecule has 0 saturated carbocycles. The summed E-state index contributed by atoms with van der Waals surface area (Å²) in [4.78, 5) is 37.1. The average Bonchev–Trinajstić information content (AvgIpc) is 3.15. The topological polar surface area (TPSA) is 91.9 Å². The van der Waals surface area contributed by atoms with Gasteiger partial charge in [0.1, 0.15) is 6.23 Å². The molecule has 2 aliphatic heterocycles. The SMILES string of the molecule is O=C(NC(=O)c1ccc2c(c1)CN(C1CCONO1)C2)Nc1ccc(Cl)c(Cl)c1. The maximum absolute atomic E-state index is 12.5. The summed E-state index contributed by atoms with van der Waals surface area (Å²) in [5.74, 6) is -0.493. The van der Waals surface area contributed by atoms with Crippen LogP contribution in [0.4, 0.5) is 10.5 Å². The second-order valence-electron chi connectivity index (χ2n) is 6.72. The zero-order valence-electron chi connectivity index (χ0n) is 15.2. The van der Waals surface area contributed by atoms with Crippen LogP contribution in [0, 0.1) is 0 Å². The number of nitrogens with zero attached hydrogens (tertiary/aromatic N) is 1. The van der Waals surface area contributed by atoms with Gasteiger partial charge in [-0.3, -0.25) is 24.7 Å². The smallest absolute Gasteiger partial charge is 0.308 e. The van der Waals surface area contributed by atoms with E-state index in [2.05, 4.69) is 21.2 Å². The van der Waals surface area contributed by atoms with Crippen LogP contribution in [0.5, 0.6) is 0 Å². The van der Waals surface area contributed by atoms with Crippen molar-refractivity contribution in [3.63, 3.8) is 0 Å². The van der Waals surface area contributed by atoms with E-state index < -0.39 is 11.9 Å². The van der Waals surface area contributed by atoms with Gasteiger partial charge in [-0.05, 0) is 41.5 Å². The molecule has 0 aromatic heterocycles. The highest BCUT2D eigenvalue weighted by Crippen LogP contribution is 2.28. The third-order valence-electron chi connectivity index (χ3n) is 4.74. The number of carbonyl (C=O) groups is 2. The summed E-state index contributed by atoms with van der Waals surface area (Å²) in [6.07, 6.45) is 0.661. The van der Waals surface area contributed by atoms with Crippen molar-refractivity contribution in [3.05, 3.63) is 63.1 Å². The number of nitrogens with one attached hydrogen (secondary N) is 3. The molecule has 1 unspecified atom stereocenters. The molecule has 0 bridgehead atoms. The summed E-state index contributed by atoms with van der Waals surface area (Å²) < 4.78 is 0. The lowest BCUT2D eigenvalue weighted by atomic mass is 10.1. The molecule has 2 aliphatic rings. The lowest BCUT2D eigenvalue weighted by Gasteiger charge is -2.29. The second kappa shape index (κ2) is 8.66. The van der Waals surface area contributed by atoms with Crippen LogP contribution in [0.25, 0.3) is 0 Å². The Balaban J connectivity index is 1.37. The summed E-state index contributed by atoms with van der Waals surface area (Å²) in [5, 5.41) is 5.56. The number of halogens is 2. The molecule has 3 N–H and O–H groups in total. The average molecular weight is 437 g/mol. The number of anilines is 1. The summed E-state index contributed by atoms with van der Waals surface area (Å²) in [5.41, 5.74) is 5.43. The maximum atomic E-state index is 12.5. The summed E-state index contributed by atoms with van der Waals surface area (Å²) in [6, 6.07) is 9.40. The van der Waals surface area contributed by atoms with Crippen molar-refractivity contribution >= 4 is 40.8 Å². The molecule has 8 nitrogen and oxygen atoms in total. The number of amides is 3. The lowest BCUT2D eigenvalue weighted by Crippen LogP contribution is -2.42. The largest absolute Gasteiger partial charge is 0.326 e. The maximum Gasteiger partial charge on any atom is 0.326 e. The molecular formula is C19H18Cl2N4O4. The molecule has 1 saturated heterocycles. The third kappa shape index (κ3) is 4.69. The van der Waals surface area contributed by atoms with Crippen molar-refractivity contribution in [2.75, 3.05) is 11.9 Å². The van der Waals surface area contributed by atoms with E-state index in [0.717, 1.165) is 24.1 Å². The molecule has 3 amide bonds. The van der Waals surface area contributed by atoms with Crippen molar-refractivity contribution in [3.8, 4) is 0 Å². The molecule has 152 valence electrons. The van der Waals surface area contributed by atoms with E-state index in [1.54, 1.807) is 24.3 Å². The molecule has 1 atom stereocenters. The molecule has 0 radical (unpaired) electrons. The van der Waals surface area contributed by atoms with Gasteiger partial charge in [-0.2, -0.15) is 0 Å². The molecule has 0 aliphatic carbocycles. The van der Waals surface area contributed by atoms with Crippen LogP contribution in [0.1, 0.15) is 27.9 Å². The van der Waals surface area contributed by atoms with Gasteiger partial charge in [0.05, 0.1) is 16.7 Å². The predicted octanol–water partition coefficient (Wildman–Crippen LogP) is 3.45. The van der Waals surface area contributed by atoms with E-state index in [1.165, 1.54) is 6.07 Å². The number of benzene rings is 2. The lowest BCUT2D eigenvalue weighted by molar-refractivity contribution is -0.274. The van der Waals surface area contributed by atoms with Gasteiger partial charge in [0, 0.05) is 30.8 Å². The Kier molecular flexibility index (Phi) is 6.00. The van der Waals surface area contributed by atoms with Crippen molar-refractivity contribution in [2.45, 2.75) is 25.7 Å². The first-order valence-electron chi connectivity index (χ1n) is 8.95. The normalized spacial score (nSPS) is 18.9. The summed E-state index contributed by atoms with van der Waals surface area (Å²) in [6.45, 7) is 1.94. The van der Waals surface area contributed by atoms with Crippen LogP contribution in [0.15, 0.2) is 36.4 Å². The minimum Gasteiger partial charge on any atom is -0.308 e. The minimum absolute atomic E-state index is 0.0922. The Labute approximate surface area is 177 Å². The van der Waals surface area contributed by atoms with E-state index in [0.29, 0.717) is 34.4 Å². The Bertz CT molecular complexity index is 950. The second-order valence-corrected chi connectivity index (χ2v) is 7.53. The fourth-order valence-electron chi connectivity index (χ4n) is 3.28.